The summed E-state index contributed by atoms with van der Waals surface area (Å²) in [5.41, 5.74) is 6.95. The van der Waals surface area contributed by atoms with E-state index in [1.807, 2.05) is 6.07 Å². The van der Waals surface area contributed by atoms with Gasteiger partial charge in [0, 0.05) is 24.3 Å². The predicted molar refractivity (Wildman–Crippen MR) is 82.9 cm³/mol. The molecule has 0 atom stereocenters. The zero-order chi connectivity index (χ0) is 14.3. The van der Waals surface area contributed by atoms with Crippen LogP contribution in [-0.4, -0.2) is 17.4 Å². The average molecular weight is 289 g/mol. The first-order valence-electron chi connectivity index (χ1n) is 6.94. The Morgan fingerprint density at radius 2 is 2.30 bits per heavy atom. The van der Waals surface area contributed by atoms with Crippen LogP contribution in [0.4, 0.5) is 5.69 Å². The Bertz CT molecular complexity index is 658. The minimum Gasteiger partial charge on any atom is -0.397 e. The van der Waals surface area contributed by atoms with Gasteiger partial charge in [0.25, 0.3) is 5.91 Å². The van der Waals surface area contributed by atoms with Crippen LogP contribution in [0.15, 0.2) is 18.5 Å². The summed E-state index contributed by atoms with van der Waals surface area (Å²) in [7, 11) is 0. The lowest BCUT2D eigenvalue weighted by Gasteiger charge is -2.19. The number of fused-ring (bicyclic) bond motifs is 1. The fourth-order valence-electron chi connectivity index (χ4n) is 2.60. The van der Waals surface area contributed by atoms with E-state index in [0.29, 0.717) is 21.9 Å². The second-order valence-electron chi connectivity index (χ2n) is 5.92. The van der Waals surface area contributed by atoms with E-state index in [1.165, 1.54) is 24.2 Å². The van der Waals surface area contributed by atoms with Crippen LogP contribution in [0.2, 0.25) is 0 Å². The highest BCUT2D eigenvalue weighted by Crippen LogP contribution is 2.51. The van der Waals surface area contributed by atoms with Gasteiger partial charge in [-0.1, -0.05) is 13.8 Å². The first-order chi connectivity index (χ1) is 9.53. The lowest BCUT2D eigenvalue weighted by Crippen LogP contribution is -2.32. The summed E-state index contributed by atoms with van der Waals surface area (Å²) < 4.78 is 0.958. The third kappa shape index (κ3) is 2.16. The molecule has 5 heteroatoms. The number of anilines is 1. The van der Waals surface area contributed by atoms with Crippen molar-refractivity contribution in [2.75, 3.05) is 12.3 Å². The van der Waals surface area contributed by atoms with Crippen LogP contribution in [-0.2, 0) is 0 Å². The normalized spacial score (nSPS) is 16.6. The number of carbonyl (C=O) groups excluding carboxylic acids is 1. The molecule has 0 bridgehead atoms. The highest BCUT2D eigenvalue weighted by molar-refractivity contribution is 7.21. The quantitative estimate of drug-likeness (QED) is 0.909. The first kappa shape index (κ1) is 13.4. The van der Waals surface area contributed by atoms with Gasteiger partial charge in [-0.15, -0.1) is 11.3 Å². The number of carbonyl (C=O) groups is 1. The molecule has 0 aliphatic heterocycles. The molecule has 106 valence electrons. The molecule has 4 nitrogen and oxygen atoms in total. The standard InChI is InChI=1S/C15H19N3OS/c1-9(2)15(4-5-15)8-18-14(19)13-12(16)10-3-6-17-7-11(10)20-13/h3,6-7,9H,4-5,8,16H2,1-2H3,(H,18,19). The van der Waals surface area contributed by atoms with Crippen molar-refractivity contribution in [3.8, 4) is 0 Å². The number of pyridine rings is 1. The summed E-state index contributed by atoms with van der Waals surface area (Å²) in [4.78, 5) is 17.0. The third-order valence-electron chi connectivity index (χ3n) is 4.46. The Balaban J connectivity index is 1.78. The molecule has 1 fully saturated rings. The van der Waals surface area contributed by atoms with Gasteiger partial charge >= 0.3 is 0 Å². The van der Waals surface area contributed by atoms with Crippen molar-refractivity contribution >= 4 is 33.0 Å². The third-order valence-corrected chi connectivity index (χ3v) is 5.61. The Hall–Kier alpha value is -1.62. The second kappa shape index (κ2) is 4.74. The first-order valence-corrected chi connectivity index (χ1v) is 7.75. The van der Waals surface area contributed by atoms with E-state index >= 15 is 0 Å². The van der Waals surface area contributed by atoms with Gasteiger partial charge in [-0.05, 0) is 30.2 Å². The van der Waals surface area contributed by atoms with E-state index < -0.39 is 0 Å². The van der Waals surface area contributed by atoms with Crippen molar-refractivity contribution in [1.29, 1.82) is 0 Å². The van der Waals surface area contributed by atoms with Crippen molar-refractivity contribution in [3.05, 3.63) is 23.3 Å². The molecule has 2 aromatic rings. The Morgan fingerprint density at radius 1 is 1.55 bits per heavy atom. The van der Waals surface area contributed by atoms with Crippen LogP contribution in [0.3, 0.4) is 0 Å². The summed E-state index contributed by atoms with van der Waals surface area (Å²) in [6.07, 6.45) is 5.86. The highest BCUT2D eigenvalue weighted by Gasteiger charge is 2.45. The Labute approximate surface area is 122 Å². The number of amides is 1. The summed E-state index contributed by atoms with van der Waals surface area (Å²) in [5.74, 6) is 0.544. The molecule has 20 heavy (non-hydrogen) atoms. The van der Waals surface area contributed by atoms with Crippen molar-refractivity contribution in [2.24, 2.45) is 11.3 Å². The zero-order valence-electron chi connectivity index (χ0n) is 11.8. The maximum Gasteiger partial charge on any atom is 0.263 e. The Morgan fingerprint density at radius 3 is 2.90 bits per heavy atom. The summed E-state index contributed by atoms with van der Waals surface area (Å²) in [6, 6.07) is 1.86. The summed E-state index contributed by atoms with van der Waals surface area (Å²) >= 11 is 1.41. The predicted octanol–water partition coefficient (Wildman–Crippen LogP) is 3.04. The van der Waals surface area contributed by atoms with Crippen LogP contribution < -0.4 is 11.1 Å². The fraction of sp³-hybridized carbons (Fsp3) is 0.467. The van der Waals surface area contributed by atoms with Gasteiger partial charge in [-0.2, -0.15) is 0 Å². The van der Waals surface area contributed by atoms with Gasteiger partial charge in [-0.3, -0.25) is 9.78 Å². The molecule has 2 aromatic heterocycles. The molecular formula is C15H19N3OS. The lowest BCUT2D eigenvalue weighted by atomic mass is 9.92. The highest BCUT2D eigenvalue weighted by atomic mass is 32.1. The van der Waals surface area contributed by atoms with E-state index in [4.69, 9.17) is 5.73 Å². The van der Waals surface area contributed by atoms with Crippen LogP contribution in [0, 0.1) is 11.3 Å². The molecule has 2 heterocycles. The SMILES string of the molecule is CC(C)C1(CNC(=O)c2sc3cnccc3c2N)CC1. The van der Waals surface area contributed by atoms with Crippen LogP contribution in [0.1, 0.15) is 36.4 Å². The van der Waals surface area contributed by atoms with Crippen LogP contribution in [0.25, 0.3) is 10.1 Å². The molecule has 1 aliphatic rings. The summed E-state index contributed by atoms with van der Waals surface area (Å²) in [5, 5.41) is 3.97. The number of nitrogens with one attached hydrogen (secondary N) is 1. The largest absolute Gasteiger partial charge is 0.397 e. The molecule has 3 rings (SSSR count). The van der Waals surface area contributed by atoms with E-state index in [0.717, 1.165) is 16.6 Å². The monoisotopic (exact) mass is 289 g/mol. The minimum atomic E-state index is -0.0596. The number of nitrogens with two attached hydrogens (primary N) is 1. The van der Waals surface area contributed by atoms with Crippen molar-refractivity contribution in [3.63, 3.8) is 0 Å². The summed E-state index contributed by atoms with van der Waals surface area (Å²) in [6.45, 7) is 5.19. The van der Waals surface area contributed by atoms with E-state index in [-0.39, 0.29) is 5.91 Å². The molecule has 0 unspecified atom stereocenters. The number of thiophene rings is 1. The molecule has 0 saturated heterocycles. The molecular weight excluding hydrogens is 270 g/mol. The van der Waals surface area contributed by atoms with Gasteiger partial charge in [0.15, 0.2) is 0 Å². The number of hydrogen-bond donors (Lipinski definition) is 2. The second-order valence-corrected chi connectivity index (χ2v) is 6.97. The van der Waals surface area contributed by atoms with Crippen molar-refractivity contribution in [1.82, 2.24) is 10.3 Å². The van der Waals surface area contributed by atoms with Gasteiger partial charge in [0.2, 0.25) is 0 Å². The maximum atomic E-state index is 12.3. The molecule has 1 saturated carbocycles. The number of nitrogen functional groups attached to an aromatic ring is 1. The van der Waals surface area contributed by atoms with Crippen LogP contribution in [0.5, 0.6) is 0 Å². The molecule has 0 aromatic carbocycles. The Kier molecular flexibility index (Phi) is 3.17. The number of rotatable bonds is 4. The van der Waals surface area contributed by atoms with Gasteiger partial charge in [-0.25, -0.2) is 0 Å². The van der Waals surface area contributed by atoms with E-state index in [9.17, 15) is 4.79 Å². The molecule has 0 radical (unpaired) electrons. The molecule has 0 spiro atoms. The van der Waals surface area contributed by atoms with E-state index in [2.05, 4.69) is 24.1 Å². The zero-order valence-corrected chi connectivity index (χ0v) is 12.6. The van der Waals surface area contributed by atoms with Gasteiger partial charge < -0.3 is 11.1 Å². The van der Waals surface area contributed by atoms with Gasteiger partial charge in [0.05, 0.1) is 10.4 Å². The number of nitrogens with zero attached hydrogens (tertiary/aromatic N) is 1. The lowest BCUT2D eigenvalue weighted by molar-refractivity contribution is 0.0944. The number of hydrogen-bond acceptors (Lipinski definition) is 4. The topological polar surface area (TPSA) is 68.0 Å². The molecule has 3 N–H and O–H groups in total. The molecule has 1 amide bonds. The average Bonchev–Trinajstić information content (AvgIpc) is 3.16. The number of aromatic nitrogens is 1. The van der Waals surface area contributed by atoms with Gasteiger partial charge in [0.1, 0.15) is 4.88 Å². The maximum absolute atomic E-state index is 12.3. The minimum absolute atomic E-state index is 0.0596. The fourth-order valence-corrected chi connectivity index (χ4v) is 3.60. The van der Waals surface area contributed by atoms with Crippen molar-refractivity contribution < 1.29 is 4.79 Å². The van der Waals surface area contributed by atoms with Crippen molar-refractivity contribution in [2.45, 2.75) is 26.7 Å². The smallest absolute Gasteiger partial charge is 0.263 e. The van der Waals surface area contributed by atoms with E-state index in [1.54, 1.807) is 12.4 Å². The van der Waals surface area contributed by atoms with Crippen LogP contribution >= 0.6 is 11.3 Å². The molecule has 1 aliphatic carbocycles.